The average Bonchev–Trinajstić information content (AvgIpc) is 2.35. The smallest absolute Gasteiger partial charge is 0.122 e. The second-order valence-corrected chi connectivity index (χ2v) is 5.13. The molecule has 0 fully saturated rings. The molecule has 0 spiro atoms. The number of rotatable bonds is 8. The van der Waals surface area contributed by atoms with Crippen molar-refractivity contribution in [3.8, 4) is 5.75 Å². The van der Waals surface area contributed by atoms with Gasteiger partial charge in [0.15, 0.2) is 0 Å². The molecule has 0 bridgehead atoms. The van der Waals surface area contributed by atoms with Gasteiger partial charge in [-0.1, -0.05) is 32.9 Å². The lowest BCUT2D eigenvalue weighted by Gasteiger charge is -2.13. The third kappa shape index (κ3) is 5.09. The first-order valence-electron chi connectivity index (χ1n) is 7.09. The topological polar surface area (TPSA) is 21.3 Å². The van der Waals surface area contributed by atoms with Crippen LogP contribution < -0.4 is 10.1 Å². The van der Waals surface area contributed by atoms with E-state index >= 15 is 0 Å². The van der Waals surface area contributed by atoms with Crippen molar-refractivity contribution in [3.63, 3.8) is 0 Å². The van der Waals surface area contributed by atoms with Crippen LogP contribution in [-0.2, 0) is 0 Å². The van der Waals surface area contributed by atoms with E-state index in [9.17, 15) is 0 Å². The molecule has 1 N–H and O–H groups in total. The van der Waals surface area contributed by atoms with Gasteiger partial charge in [-0.05, 0) is 56.0 Å². The van der Waals surface area contributed by atoms with Crippen molar-refractivity contribution in [2.45, 2.75) is 46.5 Å². The Hall–Kier alpha value is -1.02. The predicted octanol–water partition coefficient (Wildman–Crippen LogP) is 3.89. The fraction of sp³-hybridized carbons (Fsp3) is 0.625. The van der Waals surface area contributed by atoms with Crippen LogP contribution in [0.4, 0.5) is 0 Å². The summed E-state index contributed by atoms with van der Waals surface area (Å²) in [4.78, 5) is 0. The molecule has 0 aromatic heterocycles. The predicted molar refractivity (Wildman–Crippen MR) is 78.5 cm³/mol. The van der Waals surface area contributed by atoms with Crippen LogP contribution in [0, 0.1) is 6.92 Å². The van der Waals surface area contributed by atoms with E-state index in [0.717, 1.165) is 31.9 Å². The Kier molecular flexibility index (Phi) is 6.81. The van der Waals surface area contributed by atoms with Gasteiger partial charge in [-0.15, -0.1) is 0 Å². The quantitative estimate of drug-likeness (QED) is 0.706. The molecule has 0 heterocycles. The molecule has 2 nitrogen and oxygen atoms in total. The van der Waals surface area contributed by atoms with Crippen LogP contribution in [0.2, 0.25) is 0 Å². The van der Waals surface area contributed by atoms with Gasteiger partial charge in [0.1, 0.15) is 5.75 Å². The highest BCUT2D eigenvalue weighted by atomic mass is 16.5. The molecule has 0 aliphatic carbocycles. The molecule has 2 heteroatoms. The van der Waals surface area contributed by atoms with Gasteiger partial charge in [0, 0.05) is 0 Å². The van der Waals surface area contributed by atoms with Crippen LogP contribution >= 0.6 is 0 Å². The molecule has 102 valence electrons. The molecule has 0 atom stereocenters. The molecule has 1 aromatic rings. The summed E-state index contributed by atoms with van der Waals surface area (Å²) in [5.41, 5.74) is 2.57. The van der Waals surface area contributed by atoms with E-state index in [1.807, 2.05) is 0 Å². The highest BCUT2D eigenvalue weighted by Crippen LogP contribution is 2.24. The highest BCUT2D eigenvalue weighted by Gasteiger charge is 2.04. The van der Waals surface area contributed by atoms with Crippen LogP contribution in [0.15, 0.2) is 18.2 Å². The van der Waals surface area contributed by atoms with Crippen molar-refractivity contribution >= 4 is 0 Å². The lowest BCUT2D eigenvalue weighted by atomic mass is 10.0. The van der Waals surface area contributed by atoms with E-state index in [4.69, 9.17) is 4.74 Å². The number of nitrogens with one attached hydrogen (secondary N) is 1. The average molecular weight is 249 g/mol. The molecular weight excluding hydrogens is 222 g/mol. The van der Waals surface area contributed by atoms with Gasteiger partial charge in [-0.3, -0.25) is 0 Å². The Balaban J connectivity index is 2.39. The molecule has 0 amide bonds. The van der Waals surface area contributed by atoms with E-state index in [0.29, 0.717) is 5.92 Å². The van der Waals surface area contributed by atoms with E-state index in [2.05, 4.69) is 51.2 Å². The largest absolute Gasteiger partial charge is 0.493 e. The molecule has 1 aromatic carbocycles. The normalized spacial score (nSPS) is 10.9. The van der Waals surface area contributed by atoms with Gasteiger partial charge in [0.25, 0.3) is 0 Å². The Morgan fingerprint density at radius 1 is 1.22 bits per heavy atom. The summed E-state index contributed by atoms with van der Waals surface area (Å²) in [6.07, 6.45) is 2.25. The zero-order valence-corrected chi connectivity index (χ0v) is 12.3. The highest BCUT2D eigenvalue weighted by molar-refractivity contribution is 5.37. The molecule has 0 radical (unpaired) electrons. The zero-order valence-electron chi connectivity index (χ0n) is 12.3. The summed E-state index contributed by atoms with van der Waals surface area (Å²) in [6, 6.07) is 6.52. The van der Waals surface area contributed by atoms with Crippen molar-refractivity contribution in [1.29, 1.82) is 0 Å². The summed E-state index contributed by atoms with van der Waals surface area (Å²) in [6.45, 7) is 11.6. The fourth-order valence-corrected chi connectivity index (χ4v) is 1.81. The minimum absolute atomic E-state index is 0.555. The zero-order chi connectivity index (χ0) is 13.4. The van der Waals surface area contributed by atoms with Gasteiger partial charge in [-0.2, -0.15) is 0 Å². The van der Waals surface area contributed by atoms with Gasteiger partial charge in [0.05, 0.1) is 6.61 Å². The third-order valence-electron chi connectivity index (χ3n) is 3.06. The number of aryl methyl sites for hydroxylation is 1. The maximum absolute atomic E-state index is 5.87. The van der Waals surface area contributed by atoms with Crippen molar-refractivity contribution in [2.24, 2.45) is 0 Å². The summed E-state index contributed by atoms with van der Waals surface area (Å²) in [5.74, 6) is 1.59. The van der Waals surface area contributed by atoms with Crippen LogP contribution in [0.5, 0.6) is 5.75 Å². The fourth-order valence-electron chi connectivity index (χ4n) is 1.81. The minimum Gasteiger partial charge on any atom is -0.493 e. The Labute approximate surface area is 112 Å². The molecule has 18 heavy (non-hydrogen) atoms. The monoisotopic (exact) mass is 249 g/mol. The number of benzene rings is 1. The standard InChI is InChI=1S/C16H27NO/c1-5-9-17-10-6-11-18-16-12-15(13(2)3)8-7-14(16)4/h7-8,12-13,17H,5-6,9-11H2,1-4H3. The number of hydrogen-bond acceptors (Lipinski definition) is 2. The maximum atomic E-state index is 5.87. The van der Waals surface area contributed by atoms with E-state index in [1.165, 1.54) is 17.5 Å². The summed E-state index contributed by atoms with van der Waals surface area (Å²) in [5, 5.41) is 3.39. The van der Waals surface area contributed by atoms with Crippen LogP contribution in [0.3, 0.4) is 0 Å². The first-order chi connectivity index (χ1) is 8.65. The number of ether oxygens (including phenoxy) is 1. The first-order valence-corrected chi connectivity index (χ1v) is 7.09. The van der Waals surface area contributed by atoms with Gasteiger partial charge in [-0.25, -0.2) is 0 Å². The van der Waals surface area contributed by atoms with E-state index in [-0.39, 0.29) is 0 Å². The van der Waals surface area contributed by atoms with Crippen LogP contribution in [0.1, 0.15) is 50.7 Å². The summed E-state index contributed by atoms with van der Waals surface area (Å²) < 4.78 is 5.87. The molecule has 0 aliphatic heterocycles. The second-order valence-electron chi connectivity index (χ2n) is 5.13. The molecule has 1 rings (SSSR count). The van der Waals surface area contributed by atoms with Crippen LogP contribution in [-0.4, -0.2) is 19.7 Å². The second kappa shape index (κ2) is 8.15. The third-order valence-corrected chi connectivity index (χ3v) is 3.06. The molecule has 0 unspecified atom stereocenters. The van der Waals surface area contributed by atoms with Crippen molar-refractivity contribution in [3.05, 3.63) is 29.3 Å². The maximum Gasteiger partial charge on any atom is 0.122 e. The van der Waals surface area contributed by atoms with Crippen LogP contribution in [0.25, 0.3) is 0 Å². The van der Waals surface area contributed by atoms with Gasteiger partial charge < -0.3 is 10.1 Å². The van der Waals surface area contributed by atoms with Gasteiger partial charge >= 0.3 is 0 Å². The lowest BCUT2D eigenvalue weighted by molar-refractivity contribution is 0.306. The Morgan fingerprint density at radius 3 is 2.67 bits per heavy atom. The summed E-state index contributed by atoms with van der Waals surface area (Å²) in [7, 11) is 0. The Bertz CT molecular complexity index is 347. The SMILES string of the molecule is CCCNCCCOc1cc(C(C)C)ccc1C. The number of hydrogen-bond donors (Lipinski definition) is 1. The summed E-state index contributed by atoms with van der Waals surface area (Å²) >= 11 is 0. The van der Waals surface area contributed by atoms with Crippen molar-refractivity contribution in [2.75, 3.05) is 19.7 Å². The molecule has 0 saturated heterocycles. The minimum atomic E-state index is 0.555. The lowest BCUT2D eigenvalue weighted by Crippen LogP contribution is -2.18. The molecule has 0 saturated carbocycles. The van der Waals surface area contributed by atoms with Gasteiger partial charge in [0.2, 0.25) is 0 Å². The van der Waals surface area contributed by atoms with Crippen molar-refractivity contribution in [1.82, 2.24) is 5.32 Å². The first kappa shape index (κ1) is 15.0. The molecule has 0 aliphatic rings. The van der Waals surface area contributed by atoms with E-state index in [1.54, 1.807) is 0 Å². The Morgan fingerprint density at radius 2 is 2.00 bits per heavy atom. The van der Waals surface area contributed by atoms with Crippen molar-refractivity contribution < 1.29 is 4.74 Å². The van der Waals surface area contributed by atoms with E-state index < -0.39 is 0 Å². The molecular formula is C16H27NO.